The first-order valence-corrected chi connectivity index (χ1v) is 7.70. The summed E-state index contributed by atoms with van der Waals surface area (Å²) in [6, 6.07) is 8.69. The van der Waals surface area contributed by atoms with Crippen molar-refractivity contribution in [2.75, 3.05) is 19.9 Å². The fourth-order valence-electron chi connectivity index (χ4n) is 2.75. The molecule has 0 atom stereocenters. The number of benzene rings is 1. The lowest BCUT2D eigenvalue weighted by atomic mass is 9.97. The predicted octanol–water partition coefficient (Wildman–Crippen LogP) is 1.40. The van der Waals surface area contributed by atoms with Crippen LogP contribution in [-0.2, 0) is 11.3 Å². The molecule has 2 amide bonds. The van der Waals surface area contributed by atoms with E-state index in [0.29, 0.717) is 42.5 Å². The largest absolute Gasteiger partial charge is 0.467 e. The molecule has 0 unspecified atom stereocenters. The second kappa shape index (κ2) is 5.92. The number of ether oxygens (including phenoxy) is 2. The van der Waals surface area contributed by atoms with E-state index >= 15 is 0 Å². The second-order valence-corrected chi connectivity index (χ2v) is 5.77. The predicted molar refractivity (Wildman–Crippen MR) is 82.5 cm³/mol. The van der Waals surface area contributed by atoms with Gasteiger partial charge in [0.25, 0.3) is 5.91 Å². The number of hydrogen-bond acceptors (Lipinski definition) is 5. The third-order valence-corrected chi connectivity index (χ3v) is 4.18. The summed E-state index contributed by atoms with van der Waals surface area (Å²) >= 11 is 0. The molecule has 0 spiro atoms. The molecule has 2 aliphatic rings. The van der Waals surface area contributed by atoms with Crippen molar-refractivity contribution in [3.63, 3.8) is 0 Å². The lowest BCUT2D eigenvalue weighted by Gasteiger charge is -2.38. The summed E-state index contributed by atoms with van der Waals surface area (Å²) < 4.78 is 15.7. The van der Waals surface area contributed by atoms with Gasteiger partial charge < -0.3 is 24.1 Å². The van der Waals surface area contributed by atoms with Crippen LogP contribution in [0.15, 0.2) is 41.0 Å². The summed E-state index contributed by atoms with van der Waals surface area (Å²) in [6.45, 7) is 1.36. The standard InChI is InChI=1S/C17H16N2O5/c20-16(18-7-13-2-1-5-22-13)12-8-19(9-12)17(21)11-3-4-14-15(6-11)24-10-23-14/h1-6,12H,7-10H2,(H,18,20). The fraction of sp³-hybridized carbons (Fsp3) is 0.294. The van der Waals surface area contributed by atoms with Gasteiger partial charge in [0, 0.05) is 18.7 Å². The van der Waals surface area contributed by atoms with Crippen molar-refractivity contribution in [3.8, 4) is 11.5 Å². The Hall–Kier alpha value is -2.96. The summed E-state index contributed by atoms with van der Waals surface area (Å²) in [7, 11) is 0. The summed E-state index contributed by atoms with van der Waals surface area (Å²) in [5.74, 6) is 1.57. The zero-order chi connectivity index (χ0) is 16.5. The molecular weight excluding hydrogens is 312 g/mol. The first-order chi connectivity index (χ1) is 11.7. The van der Waals surface area contributed by atoms with Crippen LogP contribution < -0.4 is 14.8 Å². The summed E-state index contributed by atoms with van der Waals surface area (Å²) in [5, 5.41) is 2.81. The third-order valence-electron chi connectivity index (χ3n) is 4.18. The van der Waals surface area contributed by atoms with Gasteiger partial charge in [-0.05, 0) is 30.3 Å². The fourth-order valence-corrected chi connectivity index (χ4v) is 2.75. The van der Waals surface area contributed by atoms with E-state index in [2.05, 4.69) is 5.32 Å². The molecule has 2 aliphatic heterocycles. The molecule has 1 saturated heterocycles. The molecule has 2 aromatic rings. The van der Waals surface area contributed by atoms with Crippen molar-refractivity contribution in [2.24, 2.45) is 5.92 Å². The van der Waals surface area contributed by atoms with Crippen LogP contribution in [0.25, 0.3) is 0 Å². The van der Waals surface area contributed by atoms with Gasteiger partial charge in [-0.25, -0.2) is 0 Å². The number of nitrogens with zero attached hydrogens (tertiary/aromatic N) is 1. The van der Waals surface area contributed by atoms with Crippen molar-refractivity contribution < 1.29 is 23.5 Å². The molecule has 1 aromatic heterocycles. The molecular formula is C17H16N2O5. The molecule has 4 rings (SSSR count). The van der Waals surface area contributed by atoms with Crippen LogP contribution in [0, 0.1) is 5.92 Å². The van der Waals surface area contributed by atoms with E-state index in [4.69, 9.17) is 13.9 Å². The highest BCUT2D eigenvalue weighted by Gasteiger charge is 2.36. The van der Waals surface area contributed by atoms with Crippen molar-refractivity contribution in [3.05, 3.63) is 47.9 Å². The quantitative estimate of drug-likeness (QED) is 0.917. The molecule has 0 radical (unpaired) electrons. The van der Waals surface area contributed by atoms with Crippen LogP contribution in [0.3, 0.4) is 0 Å². The highest BCUT2D eigenvalue weighted by atomic mass is 16.7. The Morgan fingerprint density at radius 2 is 2.00 bits per heavy atom. The Bertz CT molecular complexity index is 765. The SMILES string of the molecule is O=C(NCc1ccco1)C1CN(C(=O)c2ccc3c(c2)OCO3)C1. The maximum atomic E-state index is 12.4. The Morgan fingerprint density at radius 3 is 2.79 bits per heavy atom. The lowest BCUT2D eigenvalue weighted by Crippen LogP contribution is -2.55. The van der Waals surface area contributed by atoms with Gasteiger partial charge in [0.05, 0.1) is 18.7 Å². The second-order valence-electron chi connectivity index (χ2n) is 5.77. The van der Waals surface area contributed by atoms with Crippen LogP contribution in [0.5, 0.6) is 11.5 Å². The molecule has 0 aliphatic carbocycles. The molecule has 0 saturated carbocycles. The van der Waals surface area contributed by atoms with Crippen LogP contribution >= 0.6 is 0 Å². The van der Waals surface area contributed by atoms with Crippen LogP contribution in [0.1, 0.15) is 16.1 Å². The Balaban J connectivity index is 1.30. The molecule has 7 nitrogen and oxygen atoms in total. The molecule has 0 bridgehead atoms. The molecule has 124 valence electrons. The summed E-state index contributed by atoms with van der Waals surface area (Å²) in [4.78, 5) is 26.1. The number of carbonyl (C=O) groups excluding carboxylic acids is 2. The Labute approximate surface area is 138 Å². The van der Waals surface area contributed by atoms with Crippen molar-refractivity contribution in [1.82, 2.24) is 10.2 Å². The van der Waals surface area contributed by atoms with E-state index in [0.717, 1.165) is 0 Å². The van der Waals surface area contributed by atoms with Crippen LogP contribution in [-0.4, -0.2) is 36.6 Å². The zero-order valence-electron chi connectivity index (χ0n) is 12.9. The van der Waals surface area contributed by atoms with Gasteiger partial charge in [-0.3, -0.25) is 9.59 Å². The van der Waals surface area contributed by atoms with Gasteiger partial charge in [-0.1, -0.05) is 0 Å². The number of furan rings is 1. The van der Waals surface area contributed by atoms with Gasteiger partial charge >= 0.3 is 0 Å². The van der Waals surface area contributed by atoms with Crippen molar-refractivity contribution in [1.29, 1.82) is 0 Å². The minimum atomic E-state index is -0.182. The summed E-state index contributed by atoms with van der Waals surface area (Å²) in [5.41, 5.74) is 0.536. The first kappa shape index (κ1) is 14.6. The average Bonchev–Trinajstić information content (AvgIpc) is 3.21. The first-order valence-electron chi connectivity index (χ1n) is 7.70. The highest BCUT2D eigenvalue weighted by molar-refractivity contribution is 5.96. The molecule has 24 heavy (non-hydrogen) atoms. The van der Waals surface area contributed by atoms with E-state index in [9.17, 15) is 9.59 Å². The molecule has 1 fully saturated rings. The van der Waals surface area contributed by atoms with Crippen molar-refractivity contribution >= 4 is 11.8 Å². The van der Waals surface area contributed by atoms with Gasteiger partial charge in [-0.2, -0.15) is 0 Å². The zero-order valence-corrected chi connectivity index (χ0v) is 12.9. The maximum absolute atomic E-state index is 12.4. The average molecular weight is 328 g/mol. The number of rotatable bonds is 4. The van der Waals surface area contributed by atoms with E-state index < -0.39 is 0 Å². The smallest absolute Gasteiger partial charge is 0.254 e. The monoisotopic (exact) mass is 328 g/mol. The van der Waals surface area contributed by atoms with Crippen molar-refractivity contribution in [2.45, 2.75) is 6.54 Å². The third kappa shape index (κ3) is 2.68. The van der Waals surface area contributed by atoms with Gasteiger partial charge in [0.2, 0.25) is 12.7 Å². The van der Waals surface area contributed by atoms with E-state index in [-0.39, 0.29) is 24.5 Å². The Morgan fingerprint density at radius 1 is 1.17 bits per heavy atom. The normalized spacial score (nSPS) is 15.9. The Kier molecular flexibility index (Phi) is 3.60. The maximum Gasteiger partial charge on any atom is 0.254 e. The van der Waals surface area contributed by atoms with Crippen LogP contribution in [0.2, 0.25) is 0 Å². The summed E-state index contributed by atoms with van der Waals surface area (Å²) in [6.07, 6.45) is 1.57. The van der Waals surface area contributed by atoms with E-state index in [1.54, 1.807) is 41.5 Å². The number of nitrogens with one attached hydrogen (secondary N) is 1. The van der Waals surface area contributed by atoms with E-state index in [1.807, 2.05) is 0 Å². The highest BCUT2D eigenvalue weighted by Crippen LogP contribution is 2.33. The minimum Gasteiger partial charge on any atom is -0.467 e. The van der Waals surface area contributed by atoms with Gasteiger partial charge in [0.15, 0.2) is 11.5 Å². The van der Waals surface area contributed by atoms with Gasteiger partial charge in [0.1, 0.15) is 5.76 Å². The van der Waals surface area contributed by atoms with Gasteiger partial charge in [-0.15, -0.1) is 0 Å². The molecule has 7 heteroatoms. The number of likely N-dealkylation sites (tertiary alicyclic amines) is 1. The number of amides is 2. The number of carbonyl (C=O) groups is 2. The molecule has 1 aromatic carbocycles. The molecule has 3 heterocycles. The number of hydrogen-bond donors (Lipinski definition) is 1. The topological polar surface area (TPSA) is 81.0 Å². The number of fused-ring (bicyclic) bond motifs is 1. The molecule has 1 N–H and O–H groups in total. The van der Waals surface area contributed by atoms with Crippen LogP contribution in [0.4, 0.5) is 0 Å². The minimum absolute atomic E-state index is 0.0684. The van der Waals surface area contributed by atoms with E-state index in [1.165, 1.54) is 0 Å². The lowest BCUT2D eigenvalue weighted by molar-refractivity contribution is -0.129.